The summed E-state index contributed by atoms with van der Waals surface area (Å²) in [5.74, 6) is 0.941. The monoisotopic (exact) mass is 569 g/mol. The number of nitrogens with two attached hydrogens (primary N) is 1. The van der Waals surface area contributed by atoms with Crippen LogP contribution in [-0.2, 0) is 26.5 Å². The molecular weight excluding hydrogens is 538 g/mol. The summed E-state index contributed by atoms with van der Waals surface area (Å²) in [7, 11) is -3.47. The molecular formula is C30H31N7O3S. The summed E-state index contributed by atoms with van der Waals surface area (Å²) in [6.07, 6.45) is 6.74. The van der Waals surface area contributed by atoms with E-state index < -0.39 is 9.73 Å². The fraction of sp³-hybridized carbons (Fsp3) is 0.200. The third kappa shape index (κ3) is 5.90. The number of ether oxygens (including phenoxy) is 1. The number of fused-ring (bicyclic) bond motifs is 1. The number of anilines is 2. The van der Waals surface area contributed by atoms with Crippen LogP contribution >= 0.6 is 0 Å². The Kier molecular flexibility index (Phi) is 7.22. The summed E-state index contributed by atoms with van der Waals surface area (Å²) in [5, 5.41) is 7.83. The highest BCUT2D eigenvalue weighted by molar-refractivity contribution is 7.92. The Labute approximate surface area is 238 Å². The van der Waals surface area contributed by atoms with Crippen LogP contribution in [0.15, 0.2) is 89.3 Å². The molecule has 41 heavy (non-hydrogen) atoms. The van der Waals surface area contributed by atoms with Gasteiger partial charge in [-0.15, -0.1) is 0 Å². The number of hydrogen-bond donors (Lipinski definition) is 3. The van der Waals surface area contributed by atoms with E-state index in [1.165, 1.54) is 6.20 Å². The molecule has 4 N–H and O–H groups in total. The summed E-state index contributed by atoms with van der Waals surface area (Å²) in [6, 6.07) is 15.4. The van der Waals surface area contributed by atoms with E-state index in [9.17, 15) is 9.00 Å². The van der Waals surface area contributed by atoms with Crippen molar-refractivity contribution < 1.29 is 13.7 Å². The van der Waals surface area contributed by atoms with Gasteiger partial charge in [0.05, 0.1) is 39.9 Å². The maximum absolute atomic E-state index is 13.5. The molecule has 0 saturated heterocycles. The third-order valence-corrected chi connectivity index (χ3v) is 8.26. The predicted octanol–water partition coefficient (Wildman–Crippen LogP) is 5.91. The van der Waals surface area contributed by atoms with Gasteiger partial charge in [0.1, 0.15) is 21.2 Å². The normalized spacial score (nSPS) is 13.1. The molecule has 5 rings (SSSR count). The Bertz CT molecular complexity index is 1880. The first-order chi connectivity index (χ1) is 19.4. The zero-order valence-electron chi connectivity index (χ0n) is 23.2. The van der Waals surface area contributed by atoms with Gasteiger partial charge in [-0.05, 0) is 81.3 Å². The van der Waals surface area contributed by atoms with Gasteiger partial charge in [0, 0.05) is 24.0 Å². The van der Waals surface area contributed by atoms with Crippen molar-refractivity contribution in [2.45, 2.75) is 49.6 Å². The molecule has 5 aromatic rings. The van der Waals surface area contributed by atoms with Gasteiger partial charge in [-0.2, -0.15) is 5.10 Å². The molecule has 0 unspecified atom stereocenters. The van der Waals surface area contributed by atoms with Crippen molar-refractivity contribution >= 4 is 37.9 Å². The molecule has 0 aliphatic heterocycles. The molecule has 11 heteroatoms. The largest absolute Gasteiger partial charge is 0.456 e. The zero-order chi connectivity index (χ0) is 29.4. The van der Waals surface area contributed by atoms with Crippen molar-refractivity contribution in [3.63, 3.8) is 0 Å². The maximum Gasteiger partial charge on any atom is 0.228 e. The van der Waals surface area contributed by atoms with E-state index in [1.807, 2.05) is 52.1 Å². The van der Waals surface area contributed by atoms with Crippen LogP contribution in [0.4, 0.5) is 11.4 Å². The SMILES string of the molecule is Cc1cc(CC(=O)Nc2cnn(C(C)(C)C)c2)ccc1Oc1ccnc2ccc([S@](=N)(=O)c3ncccc3N)cc12. The Morgan fingerprint density at radius 2 is 1.88 bits per heavy atom. The van der Waals surface area contributed by atoms with Crippen molar-refractivity contribution in [1.82, 2.24) is 19.7 Å². The second-order valence-electron chi connectivity index (χ2n) is 10.7. The molecule has 1 atom stereocenters. The highest BCUT2D eigenvalue weighted by Gasteiger charge is 2.20. The third-order valence-electron chi connectivity index (χ3n) is 6.46. The second kappa shape index (κ2) is 10.7. The number of hydrogen-bond acceptors (Lipinski definition) is 8. The van der Waals surface area contributed by atoms with Gasteiger partial charge in [-0.1, -0.05) is 12.1 Å². The number of aryl methyl sites for hydroxylation is 1. The molecule has 0 fully saturated rings. The molecule has 2 aromatic carbocycles. The van der Waals surface area contributed by atoms with Crippen molar-refractivity contribution in [3.05, 3.63) is 90.5 Å². The molecule has 0 spiro atoms. The first-order valence-corrected chi connectivity index (χ1v) is 14.5. The minimum atomic E-state index is -3.47. The zero-order valence-corrected chi connectivity index (χ0v) is 24.0. The summed E-state index contributed by atoms with van der Waals surface area (Å²) < 4.78 is 30.2. The van der Waals surface area contributed by atoms with E-state index in [-0.39, 0.29) is 33.5 Å². The van der Waals surface area contributed by atoms with E-state index in [4.69, 9.17) is 15.3 Å². The van der Waals surface area contributed by atoms with E-state index in [1.54, 1.807) is 53.5 Å². The van der Waals surface area contributed by atoms with Crippen LogP contribution in [0, 0.1) is 11.7 Å². The minimum absolute atomic E-state index is 0.0178. The second-order valence-corrected chi connectivity index (χ2v) is 12.7. The van der Waals surface area contributed by atoms with E-state index >= 15 is 0 Å². The Hall–Kier alpha value is -4.77. The number of carbonyl (C=O) groups excluding carboxylic acids is 1. The topological polar surface area (TPSA) is 149 Å². The van der Waals surface area contributed by atoms with Crippen LogP contribution < -0.4 is 15.8 Å². The number of pyridine rings is 2. The summed E-state index contributed by atoms with van der Waals surface area (Å²) in [6.45, 7) is 8.02. The number of benzene rings is 2. The molecule has 0 bridgehead atoms. The van der Waals surface area contributed by atoms with Crippen molar-refractivity contribution in [2.24, 2.45) is 0 Å². The molecule has 0 aliphatic rings. The molecule has 1 amide bonds. The number of nitrogen functional groups attached to an aromatic ring is 1. The van der Waals surface area contributed by atoms with Gasteiger partial charge in [0.2, 0.25) is 5.91 Å². The fourth-order valence-electron chi connectivity index (χ4n) is 4.32. The molecule has 0 radical (unpaired) electrons. The lowest BCUT2D eigenvalue weighted by Crippen LogP contribution is -2.22. The standard InChI is InChI=1S/C30H31N7O3S/c1-19-14-20(15-28(38)36-21-17-35-37(18-21)30(2,3)4)7-10-26(19)40-27-11-13-33-25-9-8-22(16-23(25)27)41(32,39)29-24(31)6-5-12-34-29/h5-14,16-18,32H,15,31H2,1-4H3,(H,36,38)/t41-/m0/s1. The van der Waals surface area contributed by atoms with Crippen LogP contribution in [-0.4, -0.2) is 29.9 Å². The van der Waals surface area contributed by atoms with Gasteiger partial charge in [0.25, 0.3) is 0 Å². The predicted molar refractivity (Wildman–Crippen MR) is 159 cm³/mol. The number of aromatic nitrogens is 4. The summed E-state index contributed by atoms with van der Waals surface area (Å²) in [4.78, 5) is 21.4. The molecule has 10 nitrogen and oxygen atoms in total. The van der Waals surface area contributed by atoms with Crippen LogP contribution in [0.25, 0.3) is 10.9 Å². The number of nitrogens with one attached hydrogen (secondary N) is 2. The van der Waals surface area contributed by atoms with Gasteiger partial charge < -0.3 is 15.8 Å². The van der Waals surface area contributed by atoms with Crippen molar-refractivity contribution in [3.8, 4) is 11.5 Å². The molecule has 210 valence electrons. The average Bonchev–Trinajstić information content (AvgIpc) is 3.39. The van der Waals surface area contributed by atoms with Gasteiger partial charge in [0.15, 0.2) is 5.03 Å². The minimum Gasteiger partial charge on any atom is -0.456 e. The number of carbonyl (C=O) groups is 1. The quantitative estimate of drug-likeness (QED) is 0.221. The number of rotatable bonds is 7. The lowest BCUT2D eigenvalue weighted by Gasteiger charge is -2.18. The van der Waals surface area contributed by atoms with Crippen LogP contribution in [0.3, 0.4) is 0 Å². The van der Waals surface area contributed by atoms with Crippen LogP contribution in [0.2, 0.25) is 0 Å². The van der Waals surface area contributed by atoms with Gasteiger partial charge >= 0.3 is 0 Å². The lowest BCUT2D eigenvalue weighted by atomic mass is 10.1. The average molecular weight is 570 g/mol. The molecule has 0 aliphatic carbocycles. The van der Waals surface area contributed by atoms with E-state index in [0.29, 0.717) is 28.1 Å². The van der Waals surface area contributed by atoms with Gasteiger partial charge in [-0.25, -0.2) is 14.0 Å². The summed E-state index contributed by atoms with van der Waals surface area (Å²) in [5.41, 5.74) is 8.93. The van der Waals surface area contributed by atoms with Crippen molar-refractivity contribution in [1.29, 1.82) is 4.78 Å². The Balaban J connectivity index is 1.36. The molecule has 3 aromatic heterocycles. The van der Waals surface area contributed by atoms with Crippen molar-refractivity contribution in [2.75, 3.05) is 11.1 Å². The Morgan fingerprint density at radius 3 is 2.59 bits per heavy atom. The Morgan fingerprint density at radius 1 is 1.07 bits per heavy atom. The maximum atomic E-state index is 13.5. The number of amides is 1. The lowest BCUT2D eigenvalue weighted by molar-refractivity contribution is -0.115. The highest BCUT2D eigenvalue weighted by atomic mass is 32.2. The summed E-state index contributed by atoms with van der Waals surface area (Å²) >= 11 is 0. The fourth-order valence-corrected chi connectivity index (χ4v) is 5.70. The van der Waals surface area contributed by atoms with E-state index in [2.05, 4.69) is 20.4 Å². The highest BCUT2D eigenvalue weighted by Crippen LogP contribution is 2.34. The first-order valence-electron chi connectivity index (χ1n) is 12.9. The first kappa shape index (κ1) is 27.8. The van der Waals surface area contributed by atoms with Crippen LogP contribution in [0.5, 0.6) is 11.5 Å². The molecule has 3 heterocycles. The van der Waals surface area contributed by atoms with Gasteiger partial charge in [-0.3, -0.25) is 14.5 Å². The van der Waals surface area contributed by atoms with E-state index in [0.717, 1.165) is 11.1 Å². The molecule has 0 saturated carbocycles. The number of nitrogens with zero attached hydrogens (tertiary/aromatic N) is 4. The van der Waals surface area contributed by atoms with Crippen LogP contribution in [0.1, 0.15) is 31.9 Å². The smallest absolute Gasteiger partial charge is 0.228 e.